The molecule has 4 nitrogen and oxygen atoms in total. The van der Waals surface area contributed by atoms with Gasteiger partial charge in [0.15, 0.2) is 0 Å². The predicted molar refractivity (Wildman–Crippen MR) is 88.3 cm³/mol. The van der Waals surface area contributed by atoms with Gasteiger partial charge < -0.3 is 9.47 Å². The first-order chi connectivity index (χ1) is 11.6. The lowest BCUT2D eigenvalue weighted by Gasteiger charge is -2.23. The zero-order chi connectivity index (χ0) is 16.6. The van der Waals surface area contributed by atoms with E-state index in [9.17, 15) is 9.59 Å². The largest absolute Gasteiger partial charge is 0.426 e. The van der Waals surface area contributed by atoms with Crippen molar-refractivity contribution in [3.8, 4) is 11.5 Å². The number of ether oxygens (including phenoxy) is 2. The lowest BCUT2D eigenvalue weighted by atomic mass is 9.87. The number of carbonyl (C=O) groups is 2. The van der Waals surface area contributed by atoms with E-state index in [0.29, 0.717) is 35.2 Å². The molecule has 2 bridgehead atoms. The summed E-state index contributed by atoms with van der Waals surface area (Å²) in [5.41, 5.74) is 2.23. The molecule has 4 atom stereocenters. The molecule has 4 heteroatoms. The molecule has 2 unspecified atom stereocenters. The molecule has 0 heterocycles. The van der Waals surface area contributed by atoms with Gasteiger partial charge in [-0.05, 0) is 36.5 Å². The van der Waals surface area contributed by atoms with E-state index in [4.69, 9.17) is 9.47 Å². The standard InChI is InChI=1S/C20H18O4/c1-9(21)23-19-11-5-3-4-6-12(11)20(24-10(2)22)18-16-8-15(17(18)19)13-7-14(13)16/h3-6,13-16H,7-8H2,1-2H3/t13?,14?,15-,16+. The Kier molecular flexibility index (Phi) is 2.68. The average molecular weight is 322 g/mol. The molecule has 2 aromatic carbocycles. The van der Waals surface area contributed by atoms with E-state index in [2.05, 4.69) is 0 Å². The molecule has 0 amide bonds. The van der Waals surface area contributed by atoms with Crippen LogP contribution in [0, 0.1) is 11.8 Å². The molecule has 0 aliphatic heterocycles. The Morgan fingerprint density at radius 1 is 0.833 bits per heavy atom. The SMILES string of the molecule is CC(=O)Oc1c2c(c(OC(C)=O)c3ccccc13)[C@@H]1C[C@H]2C2CC21. The summed E-state index contributed by atoms with van der Waals surface area (Å²) >= 11 is 0. The van der Waals surface area contributed by atoms with Crippen LogP contribution in [0.1, 0.15) is 49.7 Å². The molecule has 24 heavy (non-hydrogen) atoms. The molecule has 0 aromatic heterocycles. The summed E-state index contributed by atoms with van der Waals surface area (Å²) in [5, 5.41) is 1.71. The summed E-state index contributed by atoms with van der Waals surface area (Å²) in [4.78, 5) is 23.4. The number of esters is 2. The smallest absolute Gasteiger partial charge is 0.308 e. The van der Waals surface area contributed by atoms with Crippen molar-refractivity contribution in [2.45, 2.75) is 38.5 Å². The van der Waals surface area contributed by atoms with Crippen LogP contribution in [0.4, 0.5) is 0 Å². The number of carbonyl (C=O) groups excluding carboxylic acids is 2. The van der Waals surface area contributed by atoms with Gasteiger partial charge in [-0.15, -0.1) is 0 Å². The van der Waals surface area contributed by atoms with Gasteiger partial charge in [-0.1, -0.05) is 24.3 Å². The maximum atomic E-state index is 11.7. The zero-order valence-corrected chi connectivity index (χ0v) is 13.7. The minimum atomic E-state index is -0.308. The highest BCUT2D eigenvalue weighted by atomic mass is 16.5. The number of fused-ring (bicyclic) bond motifs is 9. The van der Waals surface area contributed by atoms with E-state index in [1.807, 2.05) is 24.3 Å². The van der Waals surface area contributed by atoms with Crippen LogP contribution >= 0.6 is 0 Å². The van der Waals surface area contributed by atoms with Crippen molar-refractivity contribution in [2.24, 2.45) is 11.8 Å². The summed E-state index contributed by atoms with van der Waals surface area (Å²) in [6.07, 6.45) is 2.32. The van der Waals surface area contributed by atoms with Gasteiger partial charge in [0.1, 0.15) is 11.5 Å². The topological polar surface area (TPSA) is 52.6 Å². The average Bonchev–Trinajstić information content (AvgIpc) is 3.15. The van der Waals surface area contributed by atoms with E-state index < -0.39 is 0 Å². The minimum Gasteiger partial charge on any atom is -0.426 e. The van der Waals surface area contributed by atoms with E-state index >= 15 is 0 Å². The lowest BCUT2D eigenvalue weighted by Crippen LogP contribution is -2.12. The second-order valence-corrected chi connectivity index (χ2v) is 7.23. The number of hydrogen-bond donors (Lipinski definition) is 0. The van der Waals surface area contributed by atoms with Crippen molar-refractivity contribution in [3.63, 3.8) is 0 Å². The maximum absolute atomic E-state index is 11.7. The third-order valence-corrected chi connectivity index (χ3v) is 5.86. The van der Waals surface area contributed by atoms with Crippen molar-refractivity contribution in [1.29, 1.82) is 0 Å². The van der Waals surface area contributed by atoms with E-state index in [1.165, 1.54) is 20.3 Å². The molecular weight excluding hydrogens is 304 g/mol. The van der Waals surface area contributed by atoms with Gasteiger partial charge in [-0.25, -0.2) is 0 Å². The van der Waals surface area contributed by atoms with Crippen LogP contribution in [0.2, 0.25) is 0 Å². The molecule has 3 aliphatic carbocycles. The normalized spacial score (nSPS) is 28.4. The molecule has 0 spiro atoms. The summed E-state index contributed by atoms with van der Waals surface area (Å²) in [7, 11) is 0. The second kappa shape index (κ2) is 4.59. The quantitative estimate of drug-likeness (QED) is 0.621. The zero-order valence-electron chi connectivity index (χ0n) is 13.7. The summed E-state index contributed by atoms with van der Waals surface area (Å²) < 4.78 is 11.3. The number of benzene rings is 2. The predicted octanol–water partition coefficient (Wildman–Crippen LogP) is 3.91. The van der Waals surface area contributed by atoms with Crippen molar-refractivity contribution in [3.05, 3.63) is 35.4 Å². The molecule has 3 aliphatic rings. The van der Waals surface area contributed by atoms with Gasteiger partial charge in [0, 0.05) is 35.7 Å². The maximum Gasteiger partial charge on any atom is 0.308 e. The Balaban J connectivity index is 1.86. The highest BCUT2D eigenvalue weighted by Crippen LogP contribution is 2.74. The Bertz CT molecular complexity index is 841. The molecule has 2 saturated carbocycles. The molecule has 2 aromatic rings. The van der Waals surface area contributed by atoms with Gasteiger partial charge in [0.2, 0.25) is 0 Å². The van der Waals surface area contributed by atoms with Gasteiger partial charge in [0.25, 0.3) is 0 Å². The first-order valence-corrected chi connectivity index (χ1v) is 8.51. The summed E-state index contributed by atoms with van der Waals surface area (Å²) in [5.74, 6) is 3.04. The van der Waals surface area contributed by atoms with Crippen LogP contribution in [0.3, 0.4) is 0 Å². The van der Waals surface area contributed by atoms with E-state index in [0.717, 1.165) is 28.3 Å². The highest BCUT2D eigenvalue weighted by Gasteiger charge is 2.62. The molecule has 0 N–H and O–H groups in total. The molecule has 0 radical (unpaired) electrons. The van der Waals surface area contributed by atoms with Crippen LogP contribution in [-0.4, -0.2) is 11.9 Å². The molecule has 122 valence electrons. The van der Waals surface area contributed by atoms with Crippen LogP contribution in [-0.2, 0) is 9.59 Å². The fourth-order valence-electron chi connectivity index (χ4n) is 5.11. The molecule has 2 fully saturated rings. The Hall–Kier alpha value is -2.36. The van der Waals surface area contributed by atoms with Crippen molar-refractivity contribution in [1.82, 2.24) is 0 Å². The van der Waals surface area contributed by atoms with Crippen molar-refractivity contribution in [2.75, 3.05) is 0 Å². The Morgan fingerprint density at radius 3 is 1.71 bits per heavy atom. The third-order valence-electron chi connectivity index (χ3n) is 5.86. The first-order valence-electron chi connectivity index (χ1n) is 8.51. The molecular formula is C20H18O4. The van der Waals surface area contributed by atoms with E-state index in [1.54, 1.807) is 0 Å². The lowest BCUT2D eigenvalue weighted by molar-refractivity contribution is -0.133. The Morgan fingerprint density at radius 2 is 1.29 bits per heavy atom. The van der Waals surface area contributed by atoms with Gasteiger partial charge in [0.05, 0.1) is 0 Å². The summed E-state index contributed by atoms with van der Waals surface area (Å²) in [6, 6.07) is 7.73. The van der Waals surface area contributed by atoms with Gasteiger partial charge in [-0.2, -0.15) is 0 Å². The highest BCUT2D eigenvalue weighted by molar-refractivity contribution is 5.99. The fraction of sp³-hybridized carbons (Fsp3) is 0.400. The van der Waals surface area contributed by atoms with Crippen molar-refractivity contribution < 1.29 is 19.1 Å². The van der Waals surface area contributed by atoms with E-state index in [-0.39, 0.29) is 11.9 Å². The molecule has 5 rings (SSSR count). The van der Waals surface area contributed by atoms with Crippen LogP contribution < -0.4 is 9.47 Å². The fourth-order valence-corrected chi connectivity index (χ4v) is 5.11. The second-order valence-electron chi connectivity index (χ2n) is 7.23. The van der Waals surface area contributed by atoms with Gasteiger partial charge >= 0.3 is 11.9 Å². The van der Waals surface area contributed by atoms with Crippen LogP contribution in [0.15, 0.2) is 24.3 Å². The molecule has 0 saturated heterocycles. The number of hydrogen-bond acceptors (Lipinski definition) is 4. The van der Waals surface area contributed by atoms with Crippen LogP contribution in [0.25, 0.3) is 10.8 Å². The van der Waals surface area contributed by atoms with Crippen molar-refractivity contribution >= 4 is 22.7 Å². The number of rotatable bonds is 2. The summed E-state index contributed by atoms with van der Waals surface area (Å²) in [6.45, 7) is 2.88. The van der Waals surface area contributed by atoms with Gasteiger partial charge in [-0.3, -0.25) is 9.59 Å². The Labute approximate surface area is 139 Å². The monoisotopic (exact) mass is 322 g/mol. The van der Waals surface area contributed by atoms with Crippen LogP contribution in [0.5, 0.6) is 11.5 Å². The first kappa shape index (κ1) is 14.0. The third kappa shape index (κ3) is 1.74. The minimum absolute atomic E-state index is 0.308.